The van der Waals surface area contributed by atoms with Gasteiger partial charge in [-0.3, -0.25) is 4.79 Å². The molecule has 0 saturated heterocycles. The van der Waals surface area contributed by atoms with Gasteiger partial charge < -0.3 is 5.11 Å². The molecule has 76 valence electrons. The summed E-state index contributed by atoms with van der Waals surface area (Å²) in [5.74, 6) is -0.0144. The lowest BCUT2D eigenvalue weighted by Crippen LogP contribution is -2.29. The first-order valence-electron chi connectivity index (χ1n) is 5.34. The Hall–Kier alpha value is -0.530. The highest BCUT2D eigenvalue weighted by atomic mass is 16.4. The van der Waals surface area contributed by atoms with E-state index in [1.165, 1.54) is 0 Å². The summed E-state index contributed by atoms with van der Waals surface area (Å²) in [5, 5.41) is 9.21. The highest BCUT2D eigenvalue weighted by Gasteiger charge is 2.41. The molecule has 1 aliphatic carbocycles. The van der Waals surface area contributed by atoms with Gasteiger partial charge in [-0.15, -0.1) is 0 Å². The summed E-state index contributed by atoms with van der Waals surface area (Å²) in [5.41, 5.74) is -0.366. The number of hydrogen-bond donors (Lipinski definition) is 1. The lowest BCUT2D eigenvalue weighted by Gasteiger charge is -2.26. The molecule has 1 fully saturated rings. The van der Waals surface area contributed by atoms with Gasteiger partial charge >= 0.3 is 5.97 Å². The fourth-order valence-electron chi connectivity index (χ4n) is 2.37. The maximum atomic E-state index is 11.2. The zero-order valence-electron chi connectivity index (χ0n) is 8.68. The number of aliphatic carboxylic acids is 1. The summed E-state index contributed by atoms with van der Waals surface area (Å²) in [6.45, 7) is 4.29. The molecule has 1 rings (SSSR count). The quantitative estimate of drug-likeness (QED) is 0.729. The van der Waals surface area contributed by atoms with E-state index in [1.807, 2.05) is 0 Å². The molecule has 0 radical (unpaired) electrons. The van der Waals surface area contributed by atoms with Gasteiger partial charge in [0.1, 0.15) is 0 Å². The number of carboxylic acids is 1. The van der Waals surface area contributed by atoms with Crippen LogP contribution in [0.5, 0.6) is 0 Å². The smallest absolute Gasteiger partial charge is 0.309 e. The summed E-state index contributed by atoms with van der Waals surface area (Å²) >= 11 is 0. The summed E-state index contributed by atoms with van der Waals surface area (Å²) in [6, 6.07) is 0. The lowest BCUT2D eigenvalue weighted by atomic mass is 9.77. The van der Waals surface area contributed by atoms with Crippen molar-refractivity contribution in [3.8, 4) is 0 Å². The molecular formula is C11H20O2. The average molecular weight is 184 g/mol. The first-order valence-corrected chi connectivity index (χ1v) is 5.34. The molecule has 0 aromatic heterocycles. The van der Waals surface area contributed by atoms with Gasteiger partial charge in [0.25, 0.3) is 0 Å². The van der Waals surface area contributed by atoms with Crippen LogP contribution in [0.25, 0.3) is 0 Å². The molecular weight excluding hydrogens is 164 g/mol. The van der Waals surface area contributed by atoms with Gasteiger partial charge in [0.2, 0.25) is 0 Å². The Morgan fingerprint density at radius 1 is 1.46 bits per heavy atom. The van der Waals surface area contributed by atoms with Crippen LogP contribution < -0.4 is 0 Å². The number of carbonyl (C=O) groups is 1. The molecule has 0 aromatic rings. The predicted molar refractivity (Wildman–Crippen MR) is 52.6 cm³/mol. The van der Waals surface area contributed by atoms with Crippen molar-refractivity contribution >= 4 is 5.97 Å². The minimum Gasteiger partial charge on any atom is -0.481 e. The van der Waals surface area contributed by atoms with Crippen LogP contribution in [-0.2, 0) is 4.79 Å². The van der Waals surface area contributed by atoms with Crippen molar-refractivity contribution in [2.45, 2.75) is 52.4 Å². The SMILES string of the molecule is CCC(C)CC1(C(=O)O)CCCC1. The Morgan fingerprint density at radius 3 is 2.38 bits per heavy atom. The molecule has 0 aromatic carbocycles. The fraction of sp³-hybridized carbons (Fsp3) is 0.909. The van der Waals surface area contributed by atoms with E-state index in [-0.39, 0.29) is 5.41 Å². The summed E-state index contributed by atoms with van der Waals surface area (Å²) in [4.78, 5) is 11.2. The fourth-order valence-corrected chi connectivity index (χ4v) is 2.37. The van der Waals surface area contributed by atoms with Crippen molar-refractivity contribution in [3.05, 3.63) is 0 Å². The van der Waals surface area contributed by atoms with Gasteiger partial charge in [0, 0.05) is 0 Å². The summed E-state index contributed by atoms with van der Waals surface area (Å²) in [7, 11) is 0. The van der Waals surface area contributed by atoms with Crippen LogP contribution in [0.4, 0.5) is 0 Å². The molecule has 2 nitrogen and oxygen atoms in total. The highest BCUT2D eigenvalue weighted by Crippen LogP contribution is 2.43. The van der Waals surface area contributed by atoms with Crippen LogP contribution in [0.2, 0.25) is 0 Å². The number of rotatable bonds is 4. The van der Waals surface area contributed by atoms with Crippen molar-refractivity contribution in [2.75, 3.05) is 0 Å². The van der Waals surface area contributed by atoms with E-state index in [0.717, 1.165) is 38.5 Å². The van der Waals surface area contributed by atoms with Crippen LogP contribution in [0.1, 0.15) is 52.4 Å². The Bertz CT molecular complexity index is 181. The molecule has 0 aliphatic heterocycles. The van der Waals surface area contributed by atoms with E-state index in [2.05, 4.69) is 13.8 Å². The van der Waals surface area contributed by atoms with Gasteiger partial charge in [-0.2, -0.15) is 0 Å². The molecule has 2 heteroatoms. The maximum Gasteiger partial charge on any atom is 0.309 e. The average Bonchev–Trinajstić information content (AvgIpc) is 2.54. The molecule has 1 atom stereocenters. The largest absolute Gasteiger partial charge is 0.481 e. The maximum absolute atomic E-state index is 11.2. The van der Waals surface area contributed by atoms with Crippen molar-refractivity contribution in [2.24, 2.45) is 11.3 Å². The van der Waals surface area contributed by atoms with Crippen LogP contribution in [0.15, 0.2) is 0 Å². The van der Waals surface area contributed by atoms with Crippen LogP contribution in [0, 0.1) is 11.3 Å². The van der Waals surface area contributed by atoms with Gasteiger partial charge in [0.05, 0.1) is 5.41 Å². The third-order valence-electron chi connectivity index (χ3n) is 3.45. The van der Waals surface area contributed by atoms with E-state index >= 15 is 0 Å². The first-order chi connectivity index (χ1) is 6.10. The van der Waals surface area contributed by atoms with Crippen molar-refractivity contribution in [1.29, 1.82) is 0 Å². The van der Waals surface area contributed by atoms with Gasteiger partial charge in [-0.25, -0.2) is 0 Å². The zero-order valence-corrected chi connectivity index (χ0v) is 8.68. The highest BCUT2D eigenvalue weighted by molar-refractivity contribution is 5.74. The number of carboxylic acid groups (broad SMARTS) is 1. The second-order valence-electron chi connectivity index (χ2n) is 4.51. The van der Waals surface area contributed by atoms with Crippen LogP contribution >= 0.6 is 0 Å². The van der Waals surface area contributed by atoms with E-state index in [1.54, 1.807) is 0 Å². The second-order valence-corrected chi connectivity index (χ2v) is 4.51. The predicted octanol–water partition coefficient (Wildman–Crippen LogP) is 3.07. The van der Waals surface area contributed by atoms with E-state index < -0.39 is 5.97 Å². The third kappa shape index (κ3) is 2.23. The molecule has 0 heterocycles. The van der Waals surface area contributed by atoms with Crippen molar-refractivity contribution in [3.63, 3.8) is 0 Å². The van der Waals surface area contributed by atoms with Gasteiger partial charge in [-0.1, -0.05) is 33.1 Å². The minimum atomic E-state index is -0.565. The van der Waals surface area contributed by atoms with Crippen molar-refractivity contribution in [1.82, 2.24) is 0 Å². The normalized spacial score (nSPS) is 22.9. The molecule has 0 bridgehead atoms. The monoisotopic (exact) mass is 184 g/mol. The second kappa shape index (κ2) is 4.12. The standard InChI is InChI=1S/C11H20O2/c1-3-9(2)8-11(10(12)13)6-4-5-7-11/h9H,3-8H2,1-2H3,(H,12,13). The molecule has 1 N–H and O–H groups in total. The molecule has 1 aliphatic rings. The zero-order chi connectivity index (χ0) is 9.90. The Labute approximate surface area is 80.3 Å². The molecule has 0 amide bonds. The summed E-state index contributed by atoms with van der Waals surface area (Å²) < 4.78 is 0. The lowest BCUT2D eigenvalue weighted by molar-refractivity contribution is -0.149. The van der Waals surface area contributed by atoms with Crippen LogP contribution in [0.3, 0.4) is 0 Å². The number of hydrogen-bond acceptors (Lipinski definition) is 1. The third-order valence-corrected chi connectivity index (χ3v) is 3.45. The summed E-state index contributed by atoms with van der Waals surface area (Å²) in [6.07, 6.45) is 5.96. The van der Waals surface area contributed by atoms with Crippen molar-refractivity contribution < 1.29 is 9.90 Å². The molecule has 0 spiro atoms. The molecule has 1 unspecified atom stereocenters. The minimum absolute atomic E-state index is 0.366. The molecule has 13 heavy (non-hydrogen) atoms. The van der Waals surface area contributed by atoms with Gasteiger partial charge in [-0.05, 0) is 25.2 Å². The van der Waals surface area contributed by atoms with Crippen LogP contribution in [-0.4, -0.2) is 11.1 Å². The first kappa shape index (κ1) is 10.6. The Morgan fingerprint density at radius 2 is 2.00 bits per heavy atom. The Balaban J connectivity index is 2.62. The topological polar surface area (TPSA) is 37.3 Å². The van der Waals surface area contributed by atoms with E-state index in [9.17, 15) is 9.90 Å². The van der Waals surface area contributed by atoms with E-state index in [4.69, 9.17) is 0 Å². The van der Waals surface area contributed by atoms with E-state index in [0.29, 0.717) is 5.92 Å². The molecule has 1 saturated carbocycles. The van der Waals surface area contributed by atoms with Gasteiger partial charge in [0.15, 0.2) is 0 Å². The Kier molecular flexibility index (Phi) is 3.34.